The molecule has 1 aromatic rings. The quantitative estimate of drug-likeness (QED) is 0.821. The van der Waals surface area contributed by atoms with Crippen molar-refractivity contribution in [2.45, 2.75) is 52.6 Å². The zero-order valence-electron chi connectivity index (χ0n) is 15.3. The summed E-state index contributed by atoms with van der Waals surface area (Å²) in [7, 11) is 2.03. The lowest BCUT2D eigenvalue weighted by molar-refractivity contribution is -0.134. The summed E-state index contributed by atoms with van der Waals surface area (Å²) in [6.07, 6.45) is 0.788. The van der Waals surface area contributed by atoms with Crippen LogP contribution in [0.4, 0.5) is 0 Å². The summed E-state index contributed by atoms with van der Waals surface area (Å²) in [6.45, 7) is 9.12. The van der Waals surface area contributed by atoms with Crippen molar-refractivity contribution < 1.29 is 9.59 Å². The first-order chi connectivity index (χ1) is 11.2. The van der Waals surface area contributed by atoms with Gasteiger partial charge in [0.25, 0.3) is 0 Å². The van der Waals surface area contributed by atoms with Crippen molar-refractivity contribution in [3.63, 3.8) is 0 Å². The number of nitrogens with one attached hydrogen (secondary N) is 1. The van der Waals surface area contributed by atoms with Gasteiger partial charge in [0, 0.05) is 31.6 Å². The van der Waals surface area contributed by atoms with Gasteiger partial charge >= 0.3 is 0 Å². The fraction of sp³-hybridized carbons (Fsp3) is 0.706. The number of hydrogen-bond acceptors (Lipinski definition) is 4. The third-order valence-electron chi connectivity index (χ3n) is 4.59. The van der Waals surface area contributed by atoms with Gasteiger partial charge in [0.05, 0.1) is 24.8 Å². The number of fused-ring (bicyclic) bond motifs is 1. The minimum atomic E-state index is -0.588. The molecule has 134 valence electrons. The molecule has 24 heavy (non-hydrogen) atoms. The number of aromatic nitrogens is 2. The first-order valence-electron chi connectivity index (χ1n) is 8.57. The molecule has 2 amide bonds. The molecule has 0 aromatic carbocycles. The lowest BCUT2D eigenvalue weighted by Gasteiger charge is -2.27. The van der Waals surface area contributed by atoms with Crippen molar-refractivity contribution in [1.29, 1.82) is 0 Å². The highest BCUT2D eigenvalue weighted by Crippen LogP contribution is 2.23. The van der Waals surface area contributed by atoms with Gasteiger partial charge < -0.3 is 20.5 Å². The Morgan fingerprint density at radius 2 is 1.96 bits per heavy atom. The van der Waals surface area contributed by atoms with Gasteiger partial charge in [-0.2, -0.15) is 0 Å². The zero-order chi connectivity index (χ0) is 18.0. The minimum Gasteiger partial charge on any atom is -0.346 e. The van der Waals surface area contributed by atoms with Crippen molar-refractivity contribution >= 4 is 11.8 Å². The van der Waals surface area contributed by atoms with Gasteiger partial charge in [0.15, 0.2) is 0 Å². The van der Waals surface area contributed by atoms with Crippen molar-refractivity contribution in [3.05, 3.63) is 17.2 Å². The monoisotopic (exact) mass is 335 g/mol. The van der Waals surface area contributed by atoms with Gasteiger partial charge in [-0.1, -0.05) is 27.7 Å². The Morgan fingerprint density at radius 3 is 2.54 bits per heavy atom. The van der Waals surface area contributed by atoms with Crippen LogP contribution in [-0.4, -0.2) is 45.4 Å². The van der Waals surface area contributed by atoms with Crippen LogP contribution in [0, 0.1) is 5.92 Å². The number of rotatable bonds is 5. The van der Waals surface area contributed by atoms with Crippen LogP contribution < -0.4 is 11.1 Å². The van der Waals surface area contributed by atoms with E-state index in [1.54, 1.807) is 4.90 Å². The highest BCUT2D eigenvalue weighted by atomic mass is 16.2. The van der Waals surface area contributed by atoms with Crippen molar-refractivity contribution in [1.82, 2.24) is 19.8 Å². The van der Waals surface area contributed by atoms with Gasteiger partial charge in [0.2, 0.25) is 11.8 Å². The van der Waals surface area contributed by atoms with Gasteiger partial charge in [0.1, 0.15) is 5.82 Å². The largest absolute Gasteiger partial charge is 0.346 e. The summed E-state index contributed by atoms with van der Waals surface area (Å²) < 4.78 is 2.14. The van der Waals surface area contributed by atoms with E-state index in [0.29, 0.717) is 19.0 Å². The molecular weight excluding hydrogens is 306 g/mol. The maximum absolute atomic E-state index is 12.4. The summed E-state index contributed by atoms with van der Waals surface area (Å²) in [6, 6.07) is -0.588. The van der Waals surface area contributed by atoms with Gasteiger partial charge in [-0.05, 0) is 5.92 Å². The molecule has 7 heteroatoms. The van der Waals surface area contributed by atoms with Crippen LogP contribution in [0.1, 0.15) is 50.8 Å². The van der Waals surface area contributed by atoms with Crippen LogP contribution in [0.2, 0.25) is 0 Å². The molecule has 0 aliphatic carbocycles. The number of carbonyl (C=O) groups is 2. The average molecular weight is 335 g/mol. The summed E-state index contributed by atoms with van der Waals surface area (Å²) in [5.74, 6) is 1.06. The second-order valence-electron chi connectivity index (χ2n) is 7.13. The normalized spacial score (nSPS) is 15.6. The van der Waals surface area contributed by atoms with E-state index in [2.05, 4.69) is 23.7 Å². The number of imidazole rings is 1. The molecule has 2 rings (SSSR count). The molecule has 0 spiro atoms. The van der Waals surface area contributed by atoms with Crippen LogP contribution in [0.15, 0.2) is 0 Å². The Labute approximate surface area is 143 Å². The van der Waals surface area contributed by atoms with E-state index in [1.807, 2.05) is 20.9 Å². The van der Waals surface area contributed by atoms with Crippen molar-refractivity contribution in [2.75, 3.05) is 13.1 Å². The maximum atomic E-state index is 12.4. The Hall–Kier alpha value is -1.89. The molecule has 3 N–H and O–H groups in total. The molecule has 1 aromatic heterocycles. The first kappa shape index (κ1) is 18.4. The van der Waals surface area contributed by atoms with Crippen molar-refractivity contribution in [3.8, 4) is 0 Å². The van der Waals surface area contributed by atoms with Crippen LogP contribution in [0.3, 0.4) is 0 Å². The molecule has 0 saturated carbocycles. The molecular formula is C17H29N5O2. The second-order valence-corrected chi connectivity index (χ2v) is 7.13. The summed E-state index contributed by atoms with van der Waals surface area (Å²) in [5.41, 5.74) is 7.95. The molecule has 0 bridgehead atoms. The smallest absolute Gasteiger partial charge is 0.242 e. The van der Waals surface area contributed by atoms with Crippen LogP contribution >= 0.6 is 0 Å². The summed E-state index contributed by atoms with van der Waals surface area (Å²) in [5, 5.41) is 2.64. The van der Waals surface area contributed by atoms with E-state index in [4.69, 9.17) is 10.7 Å². The van der Waals surface area contributed by atoms with Crippen LogP contribution in [0.25, 0.3) is 0 Å². The standard InChI is InChI=1S/C17H29N5O2/c1-10(2)15(18)17(24)19-8-14(23)22-7-6-13-12(9-22)20-16(11(3)4)21(13)5/h10-11,15H,6-9,18H2,1-5H3,(H,19,24)/t15-/m0/s1. The lowest BCUT2D eigenvalue weighted by atomic mass is 10.1. The van der Waals surface area contributed by atoms with Gasteiger partial charge in [-0.3, -0.25) is 9.59 Å². The van der Waals surface area contributed by atoms with E-state index < -0.39 is 6.04 Å². The molecule has 0 radical (unpaired) electrons. The molecule has 7 nitrogen and oxygen atoms in total. The molecule has 0 fully saturated rings. The minimum absolute atomic E-state index is 0.0154. The summed E-state index contributed by atoms with van der Waals surface area (Å²) in [4.78, 5) is 30.7. The summed E-state index contributed by atoms with van der Waals surface area (Å²) >= 11 is 0. The third kappa shape index (κ3) is 3.77. The molecule has 1 atom stereocenters. The number of nitrogens with zero attached hydrogens (tertiary/aromatic N) is 3. The highest BCUT2D eigenvalue weighted by Gasteiger charge is 2.27. The predicted molar refractivity (Wildman–Crippen MR) is 92.2 cm³/mol. The molecule has 0 saturated heterocycles. The Bertz CT molecular complexity index is 621. The van der Waals surface area contributed by atoms with Gasteiger partial charge in [-0.25, -0.2) is 4.98 Å². The molecule has 1 aliphatic rings. The average Bonchev–Trinajstić information content (AvgIpc) is 2.88. The Balaban J connectivity index is 1.96. The predicted octanol–water partition coefficient (Wildman–Crippen LogP) is 0.528. The zero-order valence-corrected chi connectivity index (χ0v) is 15.3. The SMILES string of the molecule is CC(C)c1nc2c(n1C)CCN(C(=O)CNC(=O)[C@@H](N)C(C)C)C2. The Morgan fingerprint density at radius 1 is 1.29 bits per heavy atom. The maximum Gasteiger partial charge on any atom is 0.242 e. The third-order valence-corrected chi connectivity index (χ3v) is 4.59. The first-order valence-corrected chi connectivity index (χ1v) is 8.57. The highest BCUT2D eigenvalue weighted by molar-refractivity contribution is 5.87. The fourth-order valence-corrected chi connectivity index (χ4v) is 2.97. The molecule has 1 aliphatic heterocycles. The number of nitrogens with two attached hydrogens (primary N) is 1. The molecule has 0 unspecified atom stereocenters. The lowest BCUT2D eigenvalue weighted by Crippen LogP contribution is -2.48. The van der Waals surface area contributed by atoms with Crippen LogP contribution in [0.5, 0.6) is 0 Å². The number of amides is 2. The van der Waals surface area contributed by atoms with Crippen LogP contribution in [-0.2, 0) is 29.6 Å². The second kappa shape index (κ2) is 7.34. The fourth-order valence-electron chi connectivity index (χ4n) is 2.97. The Kier molecular flexibility index (Phi) is 5.64. The topological polar surface area (TPSA) is 93.2 Å². The van der Waals surface area contributed by atoms with E-state index in [9.17, 15) is 9.59 Å². The van der Waals surface area contributed by atoms with Crippen molar-refractivity contribution in [2.24, 2.45) is 18.7 Å². The number of hydrogen-bond donors (Lipinski definition) is 2. The van der Waals surface area contributed by atoms with E-state index in [1.165, 1.54) is 5.69 Å². The number of carbonyl (C=O) groups excluding carboxylic acids is 2. The van der Waals surface area contributed by atoms with E-state index >= 15 is 0 Å². The van der Waals surface area contributed by atoms with Gasteiger partial charge in [-0.15, -0.1) is 0 Å². The molecule has 2 heterocycles. The van der Waals surface area contributed by atoms with E-state index in [-0.39, 0.29) is 24.3 Å². The van der Waals surface area contributed by atoms with E-state index in [0.717, 1.165) is 17.9 Å².